The molecule has 8 nitrogen and oxygen atoms in total. The number of carbonyl (C=O) groups excluding carboxylic acids is 3. The van der Waals surface area contributed by atoms with Crippen molar-refractivity contribution in [2.45, 2.75) is 32.8 Å². The zero-order chi connectivity index (χ0) is 20.5. The summed E-state index contributed by atoms with van der Waals surface area (Å²) in [6.45, 7) is 6.44. The summed E-state index contributed by atoms with van der Waals surface area (Å²) in [4.78, 5) is 40.7. The fourth-order valence-electron chi connectivity index (χ4n) is 3.67. The fourth-order valence-corrected chi connectivity index (χ4v) is 3.67. The maximum atomic E-state index is 12.8. The summed E-state index contributed by atoms with van der Waals surface area (Å²) in [5.41, 5.74) is -0.0807. The molecule has 1 aromatic carbocycles. The van der Waals surface area contributed by atoms with E-state index in [-0.39, 0.29) is 24.9 Å². The molecule has 1 N–H and O–H groups in total. The van der Waals surface area contributed by atoms with Crippen LogP contribution in [0.15, 0.2) is 24.3 Å². The van der Waals surface area contributed by atoms with Gasteiger partial charge in [0.15, 0.2) is 0 Å². The number of anilines is 1. The fraction of sp³-hybridized carbons (Fsp3) is 0.550. The van der Waals surface area contributed by atoms with Gasteiger partial charge < -0.3 is 19.7 Å². The van der Waals surface area contributed by atoms with Gasteiger partial charge in [0.25, 0.3) is 0 Å². The minimum absolute atomic E-state index is 0.0346. The van der Waals surface area contributed by atoms with Crippen LogP contribution in [0.25, 0.3) is 0 Å². The number of imide groups is 1. The highest BCUT2D eigenvalue weighted by Crippen LogP contribution is 2.31. The van der Waals surface area contributed by atoms with Gasteiger partial charge in [-0.05, 0) is 45.2 Å². The van der Waals surface area contributed by atoms with Crippen LogP contribution in [0.5, 0.6) is 5.75 Å². The van der Waals surface area contributed by atoms with Gasteiger partial charge in [0.2, 0.25) is 5.91 Å². The zero-order valence-corrected chi connectivity index (χ0v) is 16.7. The van der Waals surface area contributed by atoms with Gasteiger partial charge in [-0.3, -0.25) is 9.69 Å². The van der Waals surface area contributed by atoms with E-state index in [4.69, 9.17) is 9.47 Å². The lowest BCUT2D eigenvalue weighted by Crippen LogP contribution is -2.59. The summed E-state index contributed by atoms with van der Waals surface area (Å²) in [7, 11) is 1.52. The summed E-state index contributed by atoms with van der Waals surface area (Å²) in [6.07, 6.45) is 0.262. The molecule has 152 valence electrons. The zero-order valence-electron chi connectivity index (χ0n) is 16.7. The van der Waals surface area contributed by atoms with E-state index >= 15 is 0 Å². The Morgan fingerprint density at radius 3 is 2.54 bits per heavy atom. The molecular weight excluding hydrogens is 362 g/mol. The van der Waals surface area contributed by atoms with Gasteiger partial charge in [0.1, 0.15) is 11.4 Å². The van der Waals surface area contributed by atoms with Gasteiger partial charge in [-0.2, -0.15) is 0 Å². The molecule has 0 aliphatic carbocycles. The van der Waals surface area contributed by atoms with Crippen molar-refractivity contribution in [2.75, 3.05) is 32.1 Å². The van der Waals surface area contributed by atoms with Crippen LogP contribution in [0, 0.1) is 11.8 Å². The van der Waals surface area contributed by atoms with Crippen molar-refractivity contribution in [3.05, 3.63) is 24.3 Å². The molecule has 2 saturated heterocycles. The number of benzene rings is 1. The maximum Gasteiger partial charge on any atom is 0.410 e. The molecule has 0 radical (unpaired) electrons. The van der Waals surface area contributed by atoms with Gasteiger partial charge in [-0.25, -0.2) is 9.59 Å². The number of amides is 4. The molecule has 2 bridgehead atoms. The molecule has 2 fully saturated rings. The van der Waals surface area contributed by atoms with Gasteiger partial charge >= 0.3 is 12.1 Å². The Kier molecular flexibility index (Phi) is 5.49. The van der Waals surface area contributed by atoms with E-state index in [2.05, 4.69) is 5.32 Å². The number of para-hydroxylation sites is 2. The van der Waals surface area contributed by atoms with E-state index in [1.165, 1.54) is 12.0 Å². The number of nitrogens with one attached hydrogen (secondary N) is 1. The number of hydrogen-bond donors (Lipinski definition) is 1. The summed E-state index contributed by atoms with van der Waals surface area (Å²) in [6, 6.07) is 6.56. The van der Waals surface area contributed by atoms with Crippen molar-refractivity contribution in [1.82, 2.24) is 9.80 Å². The highest BCUT2D eigenvalue weighted by Gasteiger charge is 2.44. The predicted octanol–water partition coefficient (Wildman–Crippen LogP) is 2.94. The molecule has 2 aliphatic heterocycles. The molecule has 4 amide bonds. The largest absolute Gasteiger partial charge is 0.495 e. The third-order valence-corrected chi connectivity index (χ3v) is 4.84. The Bertz CT molecular complexity index is 773. The van der Waals surface area contributed by atoms with Crippen molar-refractivity contribution >= 4 is 23.7 Å². The van der Waals surface area contributed by atoms with Crippen LogP contribution >= 0.6 is 0 Å². The van der Waals surface area contributed by atoms with E-state index < -0.39 is 23.6 Å². The number of methoxy groups -OCH3 is 1. The second-order valence-electron chi connectivity index (χ2n) is 8.26. The average molecular weight is 389 g/mol. The first-order chi connectivity index (χ1) is 13.2. The molecule has 0 spiro atoms. The average Bonchev–Trinajstić information content (AvgIpc) is 2.63. The Balaban J connectivity index is 1.67. The van der Waals surface area contributed by atoms with E-state index in [0.29, 0.717) is 24.4 Å². The van der Waals surface area contributed by atoms with Crippen LogP contribution in [0.1, 0.15) is 27.2 Å². The van der Waals surface area contributed by atoms with Crippen LogP contribution in [-0.2, 0) is 9.53 Å². The second kappa shape index (κ2) is 7.69. The first-order valence-electron chi connectivity index (χ1n) is 9.41. The molecule has 8 heteroatoms. The molecule has 2 atom stereocenters. The number of urea groups is 1. The molecule has 0 saturated carbocycles. The standard InChI is InChI=1S/C20H27N3O5/c1-20(2,3)28-19(26)22-10-13-9-14(12-22)17(24)23(11-13)18(25)21-15-7-5-6-8-16(15)27-4/h5-8,13-14H,9-12H2,1-4H3,(H,21,25). The van der Waals surface area contributed by atoms with Gasteiger partial charge in [0, 0.05) is 19.6 Å². The molecule has 2 unspecified atom stereocenters. The maximum absolute atomic E-state index is 12.8. The Morgan fingerprint density at radius 2 is 1.86 bits per heavy atom. The number of ether oxygens (including phenoxy) is 2. The van der Waals surface area contributed by atoms with Crippen LogP contribution in [0.4, 0.5) is 15.3 Å². The van der Waals surface area contributed by atoms with E-state index in [9.17, 15) is 14.4 Å². The molecule has 28 heavy (non-hydrogen) atoms. The quantitative estimate of drug-likeness (QED) is 0.840. The number of rotatable bonds is 2. The van der Waals surface area contributed by atoms with E-state index in [0.717, 1.165) is 0 Å². The number of nitrogens with zero attached hydrogens (tertiary/aromatic N) is 2. The highest BCUT2D eigenvalue weighted by molar-refractivity contribution is 6.03. The lowest BCUT2D eigenvalue weighted by molar-refractivity contribution is -0.139. The third kappa shape index (κ3) is 4.37. The van der Waals surface area contributed by atoms with E-state index in [1.54, 1.807) is 29.2 Å². The van der Waals surface area contributed by atoms with Crippen molar-refractivity contribution in [1.29, 1.82) is 0 Å². The van der Waals surface area contributed by atoms with Crippen molar-refractivity contribution in [3.8, 4) is 5.75 Å². The van der Waals surface area contributed by atoms with Gasteiger partial charge in [-0.15, -0.1) is 0 Å². The normalized spacial score (nSPS) is 21.9. The summed E-state index contributed by atoms with van der Waals surface area (Å²) < 4.78 is 10.7. The van der Waals surface area contributed by atoms with Gasteiger partial charge in [-0.1, -0.05) is 12.1 Å². The van der Waals surface area contributed by atoms with Crippen LogP contribution in [0.3, 0.4) is 0 Å². The molecule has 1 aromatic rings. The van der Waals surface area contributed by atoms with Gasteiger partial charge in [0.05, 0.1) is 18.7 Å². The van der Waals surface area contributed by atoms with Crippen LogP contribution in [0.2, 0.25) is 0 Å². The van der Waals surface area contributed by atoms with Crippen LogP contribution < -0.4 is 10.1 Å². The van der Waals surface area contributed by atoms with Crippen LogP contribution in [-0.4, -0.2) is 60.2 Å². The predicted molar refractivity (Wildman–Crippen MR) is 103 cm³/mol. The first-order valence-corrected chi connectivity index (χ1v) is 9.41. The topological polar surface area (TPSA) is 88.2 Å². The summed E-state index contributed by atoms with van der Waals surface area (Å²) >= 11 is 0. The lowest BCUT2D eigenvalue weighted by atomic mass is 9.84. The Morgan fingerprint density at radius 1 is 1.14 bits per heavy atom. The minimum Gasteiger partial charge on any atom is -0.495 e. The highest BCUT2D eigenvalue weighted by atomic mass is 16.6. The Hall–Kier alpha value is -2.77. The van der Waals surface area contributed by atoms with Crippen molar-refractivity contribution < 1.29 is 23.9 Å². The summed E-state index contributed by atoms with van der Waals surface area (Å²) in [5.74, 6) is -0.107. The molecule has 3 rings (SSSR count). The summed E-state index contributed by atoms with van der Waals surface area (Å²) in [5, 5.41) is 2.75. The SMILES string of the molecule is COc1ccccc1NC(=O)N1CC2CC(CN(C(=O)OC(C)(C)C)C2)C1=O. The Labute approximate surface area is 164 Å². The van der Waals surface area contributed by atoms with Crippen molar-refractivity contribution in [3.63, 3.8) is 0 Å². The smallest absolute Gasteiger partial charge is 0.410 e. The third-order valence-electron chi connectivity index (χ3n) is 4.84. The van der Waals surface area contributed by atoms with E-state index in [1.807, 2.05) is 20.8 Å². The lowest BCUT2D eigenvalue weighted by Gasteiger charge is -2.44. The molecule has 2 heterocycles. The number of fused-ring (bicyclic) bond motifs is 2. The number of piperidine rings is 2. The number of likely N-dealkylation sites (tertiary alicyclic amines) is 2. The first kappa shape index (κ1) is 20.0. The molecular formula is C20H27N3O5. The second-order valence-corrected chi connectivity index (χ2v) is 8.26. The number of carbonyl (C=O) groups is 3. The number of hydrogen-bond acceptors (Lipinski definition) is 5. The van der Waals surface area contributed by atoms with Crippen molar-refractivity contribution in [2.24, 2.45) is 11.8 Å². The monoisotopic (exact) mass is 389 g/mol. The molecule has 0 aromatic heterocycles. The molecule has 2 aliphatic rings. The minimum atomic E-state index is -0.589.